The molecule has 1 atom stereocenters. The zero-order chi connectivity index (χ0) is 18.7. The summed E-state index contributed by atoms with van der Waals surface area (Å²) in [4.78, 5) is 26.2. The first-order chi connectivity index (χ1) is 12.5. The van der Waals surface area contributed by atoms with Crippen molar-refractivity contribution >= 4 is 23.2 Å². The molecule has 136 valence electrons. The molecule has 1 unspecified atom stereocenters. The molecule has 4 heteroatoms. The van der Waals surface area contributed by atoms with Crippen LogP contribution in [0.5, 0.6) is 0 Å². The monoisotopic (exact) mass is 350 g/mol. The SMILES string of the molecule is CC(=O)N1CCc2ccc(NC(=O)CC(c3ccccc3)C(C)C)cc21. The van der Waals surface area contributed by atoms with E-state index in [9.17, 15) is 9.59 Å². The van der Waals surface area contributed by atoms with Crippen LogP contribution < -0.4 is 10.2 Å². The van der Waals surface area contributed by atoms with Crippen molar-refractivity contribution < 1.29 is 9.59 Å². The summed E-state index contributed by atoms with van der Waals surface area (Å²) in [7, 11) is 0. The number of fused-ring (bicyclic) bond motifs is 1. The van der Waals surface area contributed by atoms with E-state index in [-0.39, 0.29) is 17.7 Å². The van der Waals surface area contributed by atoms with Crippen LogP contribution in [-0.4, -0.2) is 18.4 Å². The minimum Gasteiger partial charge on any atom is -0.326 e. The molecular weight excluding hydrogens is 324 g/mol. The van der Waals surface area contributed by atoms with Crippen LogP contribution in [0.2, 0.25) is 0 Å². The van der Waals surface area contributed by atoms with Gasteiger partial charge in [0, 0.05) is 31.3 Å². The minimum atomic E-state index is -0.000116. The second kappa shape index (κ2) is 7.73. The van der Waals surface area contributed by atoms with Gasteiger partial charge in [-0.15, -0.1) is 0 Å². The fourth-order valence-corrected chi connectivity index (χ4v) is 3.63. The molecule has 0 saturated heterocycles. The highest BCUT2D eigenvalue weighted by Crippen LogP contribution is 2.32. The van der Waals surface area contributed by atoms with Crippen molar-refractivity contribution in [1.29, 1.82) is 0 Å². The van der Waals surface area contributed by atoms with Crippen molar-refractivity contribution in [2.24, 2.45) is 5.92 Å². The summed E-state index contributed by atoms with van der Waals surface area (Å²) in [5, 5.41) is 3.01. The van der Waals surface area contributed by atoms with Crippen LogP contribution >= 0.6 is 0 Å². The van der Waals surface area contributed by atoms with Crippen LogP contribution in [0.4, 0.5) is 11.4 Å². The van der Waals surface area contributed by atoms with Gasteiger partial charge in [0.25, 0.3) is 0 Å². The van der Waals surface area contributed by atoms with E-state index >= 15 is 0 Å². The average molecular weight is 350 g/mol. The van der Waals surface area contributed by atoms with Crippen molar-refractivity contribution in [3.8, 4) is 0 Å². The first-order valence-corrected chi connectivity index (χ1v) is 9.21. The van der Waals surface area contributed by atoms with E-state index in [2.05, 4.69) is 31.3 Å². The number of carbonyl (C=O) groups is 2. The lowest BCUT2D eigenvalue weighted by Gasteiger charge is -2.21. The quantitative estimate of drug-likeness (QED) is 0.871. The van der Waals surface area contributed by atoms with Crippen molar-refractivity contribution in [3.05, 3.63) is 59.7 Å². The summed E-state index contributed by atoms with van der Waals surface area (Å²) in [5.41, 5.74) is 4.01. The number of hydrogen-bond donors (Lipinski definition) is 1. The fourth-order valence-electron chi connectivity index (χ4n) is 3.63. The van der Waals surface area contributed by atoms with Gasteiger partial charge in [-0.25, -0.2) is 0 Å². The average Bonchev–Trinajstić information content (AvgIpc) is 3.03. The predicted molar refractivity (Wildman–Crippen MR) is 105 cm³/mol. The molecule has 0 aromatic heterocycles. The van der Waals surface area contributed by atoms with E-state index in [1.165, 1.54) is 5.56 Å². The van der Waals surface area contributed by atoms with Gasteiger partial charge >= 0.3 is 0 Å². The fraction of sp³-hybridized carbons (Fsp3) is 0.364. The van der Waals surface area contributed by atoms with E-state index in [4.69, 9.17) is 0 Å². The Kier molecular flexibility index (Phi) is 5.40. The Hall–Kier alpha value is -2.62. The highest BCUT2D eigenvalue weighted by molar-refractivity contribution is 5.96. The molecule has 2 aromatic carbocycles. The lowest BCUT2D eigenvalue weighted by Crippen LogP contribution is -2.26. The zero-order valence-electron chi connectivity index (χ0n) is 15.7. The minimum absolute atomic E-state index is 0.000116. The molecule has 3 rings (SSSR count). The topological polar surface area (TPSA) is 49.4 Å². The van der Waals surface area contributed by atoms with E-state index in [1.807, 2.05) is 36.4 Å². The Morgan fingerprint density at radius 2 is 1.85 bits per heavy atom. The molecule has 1 N–H and O–H groups in total. The van der Waals surface area contributed by atoms with Crippen LogP contribution in [0.3, 0.4) is 0 Å². The maximum absolute atomic E-state index is 12.6. The molecule has 0 fully saturated rings. The van der Waals surface area contributed by atoms with Gasteiger partial charge in [0.15, 0.2) is 0 Å². The third kappa shape index (κ3) is 3.96. The zero-order valence-corrected chi connectivity index (χ0v) is 15.7. The van der Waals surface area contributed by atoms with Gasteiger partial charge in [-0.1, -0.05) is 50.2 Å². The summed E-state index contributed by atoms with van der Waals surface area (Å²) in [6, 6.07) is 16.0. The summed E-state index contributed by atoms with van der Waals surface area (Å²) in [5.74, 6) is 0.590. The Morgan fingerprint density at radius 3 is 2.50 bits per heavy atom. The largest absolute Gasteiger partial charge is 0.326 e. The lowest BCUT2D eigenvalue weighted by molar-refractivity contribution is -0.117. The number of amides is 2. The highest BCUT2D eigenvalue weighted by atomic mass is 16.2. The standard InChI is InChI=1S/C22H26N2O2/c1-15(2)20(17-7-5-4-6-8-17)14-22(26)23-19-10-9-18-11-12-24(16(3)25)21(18)13-19/h4-10,13,15,20H,11-12,14H2,1-3H3,(H,23,26). The van der Waals surface area contributed by atoms with E-state index in [0.29, 0.717) is 18.9 Å². The van der Waals surface area contributed by atoms with Crippen LogP contribution in [0.15, 0.2) is 48.5 Å². The number of rotatable bonds is 5. The van der Waals surface area contributed by atoms with Gasteiger partial charge < -0.3 is 10.2 Å². The van der Waals surface area contributed by atoms with E-state index < -0.39 is 0 Å². The number of nitrogens with zero attached hydrogens (tertiary/aromatic N) is 1. The smallest absolute Gasteiger partial charge is 0.224 e. The Morgan fingerprint density at radius 1 is 1.12 bits per heavy atom. The Labute approximate surface area is 155 Å². The molecule has 0 spiro atoms. The van der Waals surface area contributed by atoms with Gasteiger partial charge in [-0.3, -0.25) is 9.59 Å². The number of benzene rings is 2. The molecule has 0 bridgehead atoms. The van der Waals surface area contributed by atoms with Crippen LogP contribution in [0, 0.1) is 5.92 Å². The van der Waals surface area contributed by atoms with Gasteiger partial charge in [-0.2, -0.15) is 0 Å². The summed E-state index contributed by atoms with van der Waals surface area (Å²) >= 11 is 0. The first-order valence-electron chi connectivity index (χ1n) is 9.21. The van der Waals surface area contributed by atoms with Gasteiger partial charge in [0.05, 0.1) is 0 Å². The van der Waals surface area contributed by atoms with Crippen LogP contribution in [0.25, 0.3) is 0 Å². The Bertz CT molecular complexity index is 799. The number of carbonyl (C=O) groups excluding carboxylic acids is 2. The van der Waals surface area contributed by atoms with Gasteiger partial charge in [-0.05, 0) is 41.5 Å². The third-order valence-corrected chi connectivity index (χ3v) is 5.08. The summed E-state index contributed by atoms with van der Waals surface area (Å²) in [6.07, 6.45) is 1.31. The molecule has 2 aromatic rings. The third-order valence-electron chi connectivity index (χ3n) is 5.08. The summed E-state index contributed by atoms with van der Waals surface area (Å²) < 4.78 is 0. The maximum atomic E-state index is 12.6. The second-order valence-electron chi connectivity index (χ2n) is 7.28. The molecule has 0 aliphatic carbocycles. The van der Waals surface area contributed by atoms with Crippen molar-refractivity contribution in [1.82, 2.24) is 0 Å². The predicted octanol–water partition coefficient (Wildman–Crippen LogP) is 4.36. The number of anilines is 2. The Balaban J connectivity index is 1.72. The highest BCUT2D eigenvalue weighted by Gasteiger charge is 2.23. The van der Waals surface area contributed by atoms with Crippen LogP contribution in [-0.2, 0) is 16.0 Å². The molecule has 0 saturated carbocycles. The molecule has 4 nitrogen and oxygen atoms in total. The molecule has 1 aliphatic heterocycles. The number of nitrogens with one attached hydrogen (secondary N) is 1. The molecule has 2 amide bonds. The molecule has 1 aliphatic rings. The summed E-state index contributed by atoms with van der Waals surface area (Å²) in [6.45, 7) is 6.58. The normalized spacial score (nSPS) is 14.2. The molecule has 1 heterocycles. The van der Waals surface area contributed by atoms with E-state index in [0.717, 1.165) is 23.4 Å². The van der Waals surface area contributed by atoms with Gasteiger partial charge in [0.1, 0.15) is 0 Å². The maximum Gasteiger partial charge on any atom is 0.224 e. The van der Waals surface area contributed by atoms with Crippen molar-refractivity contribution in [2.45, 2.75) is 39.5 Å². The van der Waals surface area contributed by atoms with Crippen molar-refractivity contribution in [3.63, 3.8) is 0 Å². The molecule has 0 radical (unpaired) electrons. The first kappa shape index (κ1) is 18.2. The van der Waals surface area contributed by atoms with E-state index in [1.54, 1.807) is 11.8 Å². The molecule has 26 heavy (non-hydrogen) atoms. The molecular formula is C22H26N2O2. The lowest BCUT2D eigenvalue weighted by atomic mass is 9.85. The number of hydrogen-bond acceptors (Lipinski definition) is 2. The van der Waals surface area contributed by atoms with Crippen molar-refractivity contribution in [2.75, 3.05) is 16.8 Å². The van der Waals surface area contributed by atoms with Gasteiger partial charge in [0.2, 0.25) is 11.8 Å². The van der Waals surface area contributed by atoms with Crippen LogP contribution in [0.1, 0.15) is 44.2 Å². The second-order valence-corrected chi connectivity index (χ2v) is 7.28.